The summed E-state index contributed by atoms with van der Waals surface area (Å²) in [4.78, 5) is 57.0. The van der Waals surface area contributed by atoms with Crippen LogP contribution in [0.15, 0.2) is 12.5 Å². The van der Waals surface area contributed by atoms with Crippen LogP contribution in [0.5, 0.6) is 0 Å². The van der Waals surface area contributed by atoms with Gasteiger partial charge in [-0.05, 0) is 37.6 Å². The number of unbranched alkanes of at least 4 members (excludes halogenated alkanes) is 1. The van der Waals surface area contributed by atoms with E-state index in [2.05, 4.69) is 25.9 Å². The molecular weight excluding hydrogens is 442 g/mol. The number of aromatic amines is 1. The maximum Gasteiger partial charge on any atom is 0.326 e. The van der Waals surface area contributed by atoms with Crippen LogP contribution in [-0.4, -0.2) is 69.5 Å². The maximum absolute atomic E-state index is 13.2. The van der Waals surface area contributed by atoms with Gasteiger partial charge in [-0.3, -0.25) is 14.4 Å². The molecule has 0 spiro atoms. The second-order valence-corrected chi connectivity index (χ2v) is 9.03. The zero-order valence-electron chi connectivity index (χ0n) is 20.3. The molecule has 9 N–H and O–H groups in total. The number of carbonyl (C=O) groups is 4. The Morgan fingerprint density at radius 1 is 0.971 bits per heavy atom. The summed E-state index contributed by atoms with van der Waals surface area (Å²) in [5.74, 6) is -3.37. The molecule has 0 saturated heterocycles. The fraction of sp³-hybridized carbons (Fsp3) is 0.682. The smallest absolute Gasteiger partial charge is 0.326 e. The number of aromatic nitrogens is 2. The second kappa shape index (κ2) is 14.3. The van der Waals surface area contributed by atoms with Crippen molar-refractivity contribution in [1.29, 1.82) is 0 Å². The Balaban J connectivity index is 3.05. The van der Waals surface area contributed by atoms with E-state index in [1.165, 1.54) is 12.5 Å². The van der Waals surface area contributed by atoms with Crippen molar-refractivity contribution in [1.82, 2.24) is 25.9 Å². The van der Waals surface area contributed by atoms with Gasteiger partial charge in [-0.15, -0.1) is 0 Å². The van der Waals surface area contributed by atoms with Crippen molar-refractivity contribution in [2.24, 2.45) is 23.3 Å². The van der Waals surface area contributed by atoms with Crippen molar-refractivity contribution in [3.63, 3.8) is 0 Å². The largest absolute Gasteiger partial charge is 0.480 e. The molecule has 0 bridgehead atoms. The Morgan fingerprint density at radius 3 is 2.09 bits per heavy atom. The molecule has 0 saturated carbocycles. The quantitative estimate of drug-likeness (QED) is 0.158. The van der Waals surface area contributed by atoms with E-state index in [1.54, 1.807) is 27.7 Å². The number of nitrogens with zero attached hydrogens (tertiary/aromatic N) is 1. The lowest BCUT2D eigenvalue weighted by Crippen LogP contribution is -2.58. The van der Waals surface area contributed by atoms with Gasteiger partial charge in [-0.25, -0.2) is 9.78 Å². The summed E-state index contributed by atoms with van der Waals surface area (Å²) in [6.45, 7) is 7.35. The average Bonchev–Trinajstić information content (AvgIpc) is 3.28. The summed E-state index contributed by atoms with van der Waals surface area (Å²) in [6.07, 6.45) is 4.51. The van der Waals surface area contributed by atoms with Crippen LogP contribution >= 0.6 is 0 Å². The Morgan fingerprint density at radius 2 is 1.59 bits per heavy atom. The SMILES string of the molecule is CC(C)C(N)C(=O)NC(Cc1cnc[nH]1)C(=O)NC(CCCCN)C(=O)NC(C(=O)O)C(C)C. The van der Waals surface area contributed by atoms with E-state index in [0.29, 0.717) is 25.1 Å². The van der Waals surface area contributed by atoms with Gasteiger partial charge in [0.15, 0.2) is 0 Å². The van der Waals surface area contributed by atoms with Gasteiger partial charge < -0.3 is 37.5 Å². The third-order valence-electron chi connectivity index (χ3n) is 5.44. The van der Waals surface area contributed by atoms with Crippen molar-refractivity contribution in [3.05, 3.63) is 18.2 Å². The number of amides is 3. The predicted octanol–water partition coefficient (Wildman–Crippen LogP) is -0.740. The zero-order valence-corrected chi connectivity index (χ0v) is 20.3. The van der Waals surface area contributed by atoms with Crippen LogP contribution in [0.2, 0.25) is 0 Å². The van der Waals surface area contributed by atoms with E-state index in [1.807, 2.05) is 0 Å². The van der Waals surface area contributed by atoms with Crippen LogP contribution in [0.3, 0.4) is 0 Å². The van der Waals surface area contributed by atoms with E-state index in [9.17, 15) is 24.3 Å². The molecule has 12 heteroatoms. The summed E-state index contributed by atoms with van der Waals surface area (Å²) in [5.41, 5.74) is 12.1. The number of carbonyl (C=O) groups excluding carboxylic acids is 3. The number of nitrogens with two attached hydrogens (primary N) is 2. The molecular formula is C22H39N7O5. The number of H-pyrrole nitrogens is 1. The highest BCUT2D eigenvalue weighted by Crippen LogP contribution is 2.08. The van der Waals surface area contributed by atoms with Crippen LogP contribution < -0.4 is 27.4 Å². The molecule has 0 aliphatic carbocycles. The van der Waals surface area contributed by atoms with Gasteiger partial charge in [-0.1, -0.05) is 27.7 Å². The third kappa shape index (κ3) is 9.48. The van der Waals surface area contributed by atoms with Gasteiger partial charge in [0, 0.05) is 18.3 Å². The highest BCUT2D eigenvalue weighted by molar-refractivity contribution is 5.94. The number of carboxylic acid groups (broad SMARTS) is 1. The fourth-order valence-electron chi connectivity index (χ4n) is 3.20. The second-order valence-electron chi connectivity index (χ2n) is 9.03. The molecule has 1 aromatic rings. The molecule has 12 nitrogen and oxygen atoms in total. The fourth-order valence-corrected chi connectivity index (χ4v) is 3.20. The molecule has 1 aromatic heterocycles. The first-order valence-corrected chi connectivity index (χ1v) is 11.5. The Kier molecular flexibility index (Phi) is 12.2. The Hall–Kier alpha value is -2.99. The van der Waals surface area contributed by atoms with E-state index in [0.717, 1.165) is 0 Å². The molecule has 4 unspecified atom stereocenters. The molecule has 0 aliphatic rings. The summed E-state index contributed by atoms with van der Waals surface area (Å²) < 4.78 is 0. The van der Waals surface area contributed by atoms with E-state index >= 15 is 0 Å². The van der Waals surface area contributed by atoms with Crippen LogP contribution in [0.4, 0.5) is 0 Å². The molecule has 0 radical (unpaired) electrons. The number of hydrogen-bond acceptors (Lipinski definition) is 7. The minimum Gasteiger partial charge on any atom is -0.480 e. The Labute approximate surface area is 200 Å². The highest BCUT2D eigenvalue weighted by atomic mass is 16.4. The Bertz CT molecular complexity index is 798. The highest BCUT2D eigenvalue weighted by Gasteiger charge is 2.31. The van der Waals surface area contributed by atoms with Crippen LogP contribution in [-0.2, 0) is 25.6 Å². The zero-order chi connectivity index (χ0) is 25.8. The lowest BCUT2D eigenvalue weighted by Gasteiger charge is -2.26. The third-order valence-corrected chi connectivity index (χ3v) is 5.44. The number of imidazole rings is 1. The molecule has 1 rings (SSSR count). The van der Waals surface area contributed by atoms with Crippen molar-refractivity contribution >= 4 is 23.7 Å². The van der Waals surface area contributed by atoms with E-state index in [-0.39, 0.29) is 24.7 Å². The lowest BCUT2D eigenvalue weighted by atomic mass is 10.0. The molecule has 0 fully saturated rings. The van der Waals surface area contributed by atoms with Crippen LogP contribution in [0, 0.1) is 11.8 Å². The number of hydrogen-bond donors (Lipinski definition) is 7. The van der Waals surface area contributed by atoms with Gasteiger partial charge in [0.05, 0.1) is 12.4 Å². The number of rotatable bonds is 15. The number of aliphatic carboxylic acids is 1. The molecule has 34 heavy (non-hydrogen) atoms. The van der Waals surface area contributed by atoms with Crippen molar-refractivity contribution in [2.45, 2.75) is 77.5 Å². The van der Waals surface area contributed by atoms with Crippen molar-refractivity contribution in [2.75, 3.05) is 6.54 Å². The maximum atomic E-state index is 13.2. The van der Waals surface area contributed by atoms with Gasteiger partial charge in [0.1, 0.15) is 18.1 Å². The first-order chi connectivity index (χ1) is 16.0. The standard InChI is InChI=1S/C22H39N7O5/c1-12(2)17(24)21(32)28-16(9-14-10-25-11-26-14)20(31)27-15(7-5-6-8-23)19(30)29-18(13(3)4)22(33)34/h10-13,15-18H,5-9,23-24H2,1-4H3,(H,25,26)(H,27,31)(H,28,32)(H,29,30)(H,33,34). The van der Waals surface area contributed by atoms with Crippen LogP contribution in [0.25, 0.3) is 0 Å². The minimum absolute atomic E-state index is 0.100. The first kappa shape index (κ1) is 29.0. The van der Waals surface area contributed by atoms with E-state index in [4.69, 9.17) is 11.5 Å². The number of carboxylic acids is 1. The van der Waals surface area contributed by atoms with Crippen molar-refractivity contribution < 1.29 is 24.3 Å². The van der Waals surface area contributed by atoms with Gasteiger partial charge in [0.2, 0.25) is 17.7 Å². The monoisotopic (exact) mass is 481 g/mol. The summed E-state index contributed by atoms with van der Waals surface area (Å²) in [7, 11) is 0. The summed E-state index contributed by atoms with van der Waals surface area (Å²) >= 11 is 0. The van der Waals surface area contributed by atoms with Gasteiger partial charge >= 0.3 is 5.97 Å². The van der Waals surface area contributed by atoms with Gasteiger partial charge in [0.25, 0.3) is 0 Å². The average molecular weight is 482 g/mol. The topological polar surface area (TPSA) is 205 Å². The first-order valence-electron chi connectivity index (χ1n) is 11.5. The van der Waals surface area contributed by atoms with E-state index < -0.39 is 47.9 Å². The summed E-state index contributed by atoms with van der Waals surface area (Å²) in [5, 5.41) is 17.2. The molecule has 3 amide bonds. The molecule has 0 aliphatic heterocycles. The molecule has 192 valence electrons. The molecule has 4 atom stereocenters. The lowest BCUT2D eigenvalue weighted by molar-refractivity contribution is -0.143. The normalized spacial score (nSPS) is 14.8. The van der Waals surface area contributed by atoms with Gasteiger partial charge in [-0.2, -0.15) is 0 Å². The minimum atomic E-state index is -1.16. The summed E-state index contributed by atoms with van der Waals surface area (Å²) in [6, 6.07) is -3.95. The number of nitrogens with one attached hydrogen (secondary N) is 4. The van der Waals surface area contributed by atoms with Crippen LogP contribution in [0.1, 0.15) is 52.7 Å². The molecule has 0 aromatic carbocycles. The molecule has 1 heterocycles. The van der Waals surface area contributed by atoms with Crippen molar-refractivity contribution in [3.8, 4) is 0 Å². The predicted molar refractivity (Wildman–Crippen MR) is 126 cm³/mol.